The molecule has 0 bridgehead atoms. The molecular formula is C28H33N3O4. The molecule has 2 fully saturated rings. The number of aromatic amines is 1. The average molecular weight is 476 g/mol. The van der Waals surface area contributed by atoms with E-state index in [1.807, 2.05) is 18.3 Å². The van der Waals surface area contributed by atoms with Gasteiger partial charge in [0.2, 0.25) is 5.91 Å². The van der Waals surface area contributed by atoms with Crippen LogP contribution in [0.1, 0.15) is 65.7 Å². The van der Waals surface area contributed by atoms with Gasteiger partial charge in [0.15, 0.2) is 0 Å². The van der Waals surface area contributed by atoms with Crippen LogP contribution in [0.2, 0.25) is 0 Å². The van der Waals surface area contributed by atoms with Crippen LogP contribution in [-0.2, 0) is 11.3 Å². The number of hydrogen-bond acceptors (Lipinski definition) is 4. The SMILES string of the molecule is COc1cc(C)c2[nH]ccc2c1CN1CCC2(CCCN2C(C)=O)C[C@H]1c1ccc(C(=O)O)cc1. The van der Waals surface area contributed by atoms with Gasteiger partial charge in [-0.25, -0.2) is 4.79 Å². The van der Waals surface area contributed by atoms with E-state index in [0.717, 1.165) is 72.1 Å². The summed E-state index contributed by atoms with van der Waals surface area (Å²) < 4.78 is 5.81. The fourth-order valence-corrected chi connectivity index (χ4v) is 6.35. The van der Waals surface area contributed by atoms with Crippen molar-refractivity contribution in [1.82, 2.24) is 14.8 Å². The maximum absolute atomic E-state index is 12.5. The predicted molar refractivity (Wildman–Crippen MR) is 135 cm³/mol. The van der Waals surface area contributed by atoms with E-state index in [9.17, 15) is 14.7 Å². The first-order valence-corrected chi connectivity index (χ1v) is 12.3. The third-order valence-electron chi connectivity index (χ3n) is 8.09. The summed E-state index contributed by atoms with van der Waals surface area (Å²) >= 11 is 0. The van der Waals surface area contributed by atoms with E-state index in [1.165, 1.54) is 0 Å². The largest absolute Gasteiger partial charge is 0.496 e. The van der Waals surface area contributed by atoms with Crippen LogP contribution in [0.25, 0.3) is 10.9 Å². The van der Waals surface area contributed by atoms with Gasteiger partial charge < -0.3 is 19.7 Å². The third-order valence-corrected chi connectivity index (χ3v) is 8.09. The van der Waals surface area contributed by atoms with Crippen molar-refractivity contribution in [2.45, 2.75) is 57.7 Å². The summed E-state index contributed by atoms with van der Waals surface area (Å²) in [7, 11) is 1.72. The number of benzene rings is 2. The third kappa shape index (κ3) is 4.08. The number of carboxylic acids is 1. The van der Waals surface area contributed by atoms with E-state index in [1.54, 1.807) is 26.2 Å². The number of aromatic nitrogens is 1. The summed E-state index contributed by atoms with van der Waals surface area (Å²) in [5, 5.41) is 10.5. The number of fused-ring (bicyclic) bond motifs is 1. The van der Waals surface area contributed by atoms with Crippen LogP contribution in [0.3, 0.4) is 0 Å². The number of amides is 1. The van der Waals surface area contributed by atoms with E-state index in [0.29, 0.717) is 6.54 Å². The Kier molecular flexibility index (Phi) is 6.05. The van der Waals surface area contributed by atoms with Crippen LogP contribution in [-0.4, -0.2) is 57.5 Å². The first-order valence-electron chi connectivity index (χ1n) is 12.3. The van der Waals surface area contributed by atoms with Gasteiger partial charge in [0.05, 0.1) is 12.7 Å². The smallest absolute Gasteiger partial charge is 0.335 e. The van der Waals surface area contributed by atoms with Gasteiger partial charge in [0.25, 0.3) is 0 Å². The van der Waals surface area contributed by atoms with Gasteiger partial charge in [-0.2, -0.15) is 0 Å². The summed E-state index contributed by atoms with van der Waals surface area (Å²) in [6.07, 6.45) is 5.78. The van der Waals surface area contributed by atoms with Crippen LogP contribution in [0.15, 0.2) is 42.6 Å². The number of piperidine rings is 1. The highest BCUT2D eigenvalue weighted by molar-refractivity contribution is 5.88. The summed E-state index contributed by atoms with van der Waals surface area (Å²) in [6, 6.07) is 11.5. The lowest BCUT2D eigenvalue weighted by Crippen LogP contribution is -2.54. The number of nitrogens with one attached hydrogen (secondary N) is 1. The molecule has 0 aliphatic carbocycles. The molecule has 1 amide bonds. The van der Waals surface area contributed by atoms with Crippen LogP contribution in [0, 0.1) is 6.92 Å². The second-order valence-corrected chi connectivity index (χ2v) is 10.0. The minimum Gasteiger partial charge on any atom is -0.496 e. The first kappa shape index (κ1) is 23.4. The molecule has 2 aliphatic rings. The Hall–Kier alpha value is -3.32. The monoisotopic (exact) mass is 475 g/mol. The molecule has 7 heteroatoms. The van der Waals surface area contributed by atoms with E-state index < -0.39 is 5.97 Å². The average Bonchev–Trinajstić information content (AvgIpc) is 3.50. The molecule has 2 aliphatic heterocycles. The number of aryl methyl sites for hydroxylation is 1. The van der Waals surface area contributed by atoms with Gasteiger partial charge in [-0.1, -0.05) is 12.1 Å². The standard InChI is InChI=1S/C28H33N3O4/c1-18-15-25(35-3)23(22-9-12-29-26(18)22)17-30-14-11-28(10-4-13-31(28)19(2)32)16-24(30)20-5-7-21(8-6-20)27(33)34/h5-9,12,15,24,29H,4,10-11,13-14,16-17H2,1-3H3,(H,33,34)/t24-,28?/m0/s1. The molecule has 1 aromatic heterocycles. The second kappa shape index (κ2) is 9.04. The number of methoxy groups -OCH3 is 1. The fourth-order valence-electron chi connectivity index (χ4n) is 6.35. The molecule has 7 nitrogen and oxygen atoms in total. The van der Waals surface area contributed by atoms with Gasteiger partial charge in [-0.05, 0) is 68.0 Å². The highest BCUT2D eigenvalue weighted by Gasteiger charge is 2.48. The van der Waals surface area contributed by atoms with Crippen LogP contribution >= 0.6 is 0 Å². The Balaban J connectivity index is 1.54. The molecule has 35 heavy (non-hydrogen) atoms. The molecule has 184 valence electrons. The molecular weight excluding hydrogens is 442 g/mol. The summed E-state index contributed by atoms with van der Waals surface area (Å²) in [4.78, 5) is 31.9. The molecule has 2 saturated heterocycles. The number of likely N-dealkylation sites (tertiary alicyclic amines) is 2. The Morgan fingerprint density at radius 3 is 2.63 bits per heavy atom. The molecule has 1 spiro atoms. The molecule has 1 unspecified atom stereocenters. The maximum Gasteiger partial charge on any atom is 0.335 e. The quantitative estimate of drug-likeness (QED) is 0.548. The number of carbonyl (C=O) groups excluding carboxylic acids is 1. The Morgan fingerprint density at radius 1 is 1.17 bits per heavy atom. The predicted octanol–water partition coefficient (Wildman–Crippen LogP) is 4.90. The summed E-state index contributed by atoms with van der Waals surface area (Å²) in [5.74, 6) is 0.0950. The van der Waals surface area contributed by atoms with Crippen molar-refractivity contribution in [2.75, 3.05) is 20.2 Å². The van der Waals surface area contributed by atoms with E-state index in [-0.39, 0.29) is 23.1 Å². The molecule has 3 aromatic rings. The van der Waals surface area contributed by atoms with Crippen molar-refractivity contribution in [1.29, 1.82) is 0 Å². The Bertz CT molecular complexity index is 1270. The number of ether oxygens (including phenoxy) is 1. The first-order chi connectivity index (χ1) is 16.8. The van der Waals surface area contributed by atoms with Crippen molar-refractivity contribution in [3.05, 3.63) is 64.8 Å². The van der Waals surface area contributed by atoms with Gasteiger partial charge in [-0.3, -0.25) is 9.69 Å². The fraction of sp³-hybridized carbons (Fsp3) is 0.429. The van der Waals surface area contributed by atoms with Crippen molar-refractivity contribution in [3.63, 3.8) is 0 Å². The second-order valence-electron chi connectivity index (χ2n) is 10.0. The number of aromatic carboxylic acids is 1. The van der Waals surface area contributed by atoms with Crippen molar-refractivity contribution in [3.8, 4) is 5.75 Å². The van der Waals surface area contributed by atoms with Crippen LogP contribution in [0.4, 0.5) is 0 Å². The number of H-pyrrole nitrogens is 1. The number of carbonyl (C=O) groups is 2. The van der Waals surface area contributed by atoms with E-state index in [4.69, 9.17) is 4.74 Å². The van der Waals surface area contributed by atoms with Gasteiger partial charge in [-0.15, -0.1) is 0 Å². The summed E-state index contributed by atoms with van der Waals surface area (Å²) in [5.41, 5.74) is 4.64. The lowest BCUT2D eigenvalue weighted by molar-refractivity contribution is -0.135. The van der Waals surface area contributed by atoms with Crippen molar-refractivity contribution >= 4 is 22.8 Å². The molecule has 2 atom stereocenters. The minimum atomic E-state index is -0.925. The lowest BCUT2D eigenvalue weighted by Gasteiger charge is -2.49. The Labute approximate surface area is 205 Å². The van der Waals surface area contributed by atoms with Gasteiger partial charge >= 0.3 is 5.97 Å². The maximum atomic E-state index is 12.5. The number of hydrogen-bond donors (Lipinski definition) is 2. The lowest BCUT2D eigenvalue weighted by atomic mass is 9.78. The zero-order valence-corrected chi connectivity index (χ0v) is 20.6. The van der Waals surface area contributed by atoms with E-state index in [2.05, 4.69) is 33.8 Å². The molecule has 5 rings (SSSR count). The molecule has 0 radical (unpaired) electrons. The van der Waals surface area contributed by atoms with Gasteiger partial charge in [0, 0.05) is 60.8 Å². The highest BCUT2D eigenvalue weighted by atomic mass is 16.5. The molecule has 3 heterocycles. The molecule has 2 N–H and O–H groups in total. The number of nitrogens with zero attached hydrogens (tertiary/aromatic N) is 2. The van der Waals surface area contributed by atoms with Crippen molar-refractivity contribution in [2.24, 2.45) is 0 Å². The molecule has 0 saturated carbocycles. The summed E-state index contributed by atoms with van der Waals surface area (Å²) in [6.45, 7) is 6.13. The van der Waals surface area contributed by atoms with Crippen LogP contribution < -0.4 is 4.74 Å². The molecule has 2 aromatic carbocycles. The number of rotatable bonds is 5. The highest BCUT2D eigenvalue weighted by Crippen LogP contribution is 2.47. The topological polar surface area (TPSA) is 85.9 Å². The van der Waals surface area contributed by atoms with Gasteiger partial charge in [0.1, 0.15) is 5.75 Å². The van der Waals surface area contributed by atoms with Crippen LogP contribution in [0.5, 0.6) is 5.75 Å². The zero-order valence-electron chi connectivity index (χ0n) is 20.6. The number of carboxylic acid groups (broad SMARTS) is 1. The Morgan fingerprint density at radius 2 is 1.94 bits per heavy atom. The zero-order chi connectivity index (χ0) is 24.7. The van der Waals surface area contributed by atoms with Crippen molar-refractivity contribution < 1.29 is 19.4 Å². The normalized spacial score (nSPS) is 22.7. The van der Waals surface area contributed by atoms with E-state index >= 15 is 0 Å². The minimum absolute atomic E-state index is 0.0616.